The van der Waals surface area contributed by atoms with E-state index in [4.69, 9.17) is 5.73 Å². The molecular formula is C12H19N3. The summed E-state index contributed by atoms with van der Waals surface area (Å²) < 4.78 is 1.72. The van der Waals surface area contributed by atoms with Crippen molar-refractivity contribution in [1.82, 2.24) is 9.78 Å². The molecule has 0 aliphatic rings. The molecule has 0 aliphatic carbocycles. The SMILES string of the molecule is C=C/C=C\C(=C/C)n1cc(N)cn1.CC. The van der Waals surface area contributed by atoms with Crippen LogP contribution in [0.3, 0.4) is 0 Å². The van der Waals surface area contributed by atoms with Gasteiger partial charge in [0, 0.05) is 0 Å². The molecule has 1 rings (SSSR count). The molecule has 0 saturated heterocycles. The smallest absolute Gasteiger partial charge is 0.0724 e. The van der Waals surface area contributed by atoms with Gasteiger partial charge in [-0.3, -0.25) is 0 Å². The standard InChI is InChI=1S/C10H13N3.C2H6/c1-3-5-6-10(4-2)13-8-9(11)7-12-13;1-2/h3-8H,1,11H2,2H3;1-2H3/b6-5-,10-4+;. The molecule has 2 N–H and O–H groups in total. The Balaban J connectivity index is 0.000000921. The van der Waals surface area contributed by atoms with Gasteiger partial charge in [0.1, 0.15) is 0 Å². The van der Waals surface area contributed by atoms with Crippen LogP contribution < -0.4 is 5.73 Å². The number of rotatable bonds is 3. The molecule has 3 heteroatoms. The maximum absolute atomic E-state index is 5.54. The first kappa shape index (κ1) is 13.2. The summed E-state index contributed by atoms with van der Waals surface area (Å²) in [6, 6.07) is 0. The number of allylic oxidation sites excluding steroid dienone is 5. The molecule has 15 heavy (non-hydrogen) atoms. The van der Waals surface area contributed by atoms with Crippen molar-refractivity contribution < 1.29 is 0 Å². The van der Waals surface area contributed by atoms with Crippen molar-refractivity contribution in [3.63, 3.8) is 0 Å². The fraction of sp³-hybridized carbons (Fsp3) is 0.250. The highest BCUT2D eigenvalue weighted by Gasteiger charge is 1.95. The lowest BCUT2D eigenvalue weighted by Crippen LogP contribution is -1.94. The number of nitrogen functional groups attached to an aromatic ring is 1. The Morgan fingerprint density at radius 3 is 2.60 bits per heavy atom. The molecule has 1 aromatic heterocycles. The van der Waals surface area contributed by atoms with Crippen LogP contribution in [0.4, 0.5) is 5.69 Å². The van der Waals surface area contributed by atoms with E-state index < -0.39 is 0 Å². The van der Waals surface area contributed by atoms with Crippen LogP contribution in [0, 0.1) is 0 Å². The maximum atomic E-state index is 5.54. The molecule has 0 fully saturated rings. The molecule has 0 radical (unpaired) electrons. The second-order valence-electron chi connectivity index (χ2n) is 2.53. The lowest BCUT2D eigenvalue weighted by atomic mass is 10.3. The Bertz CT molecular complexity index is 346. The maximum Gasteiger partial charge on any atom is 0.0724 e. The monoisotopic (exact) mass is 205 g/mol. The fourth-order valence-corrected chi connectivity index (χ4v) is 0.949. The number of nitrogens with two attached hydrogens (primary N) is 1. The van der Waals surface area contributed by atoms with Gasteiger partial charge in [0.2, 0.25) is 0 Å². The predicted molar refractivity (Wildman–Crippen MR) is 67.3 cm³/mol. The van der Waals surface area contributed by atoms with E-state index in [0.29, 0.717) is 5.69 Å². The van der Waals surface area contributed by atoms with Crippen LogP contribution in [0.1, 0.15) is 20.8 Å². The van der Waals surface area contributed by atoms with Crippen LogP contribution in [-0.2, 0) is 0 Å². The first-order valence-corrected chi connectivity index (χ1v) is 5.04. The topological polar surface area (TPSA) is 43.8 Å². The van der Waals surface area contributed by atoms with E-state index in [-0.39, 0.29) is 0 Å². The van der Waals surface area contributed by atoms with E-state index in [0.717, 1.165) is 5.70 Å². The molecule has 1 heterocycles. The van der Waals surface area contributed by atoms with Crippen LogP contribution in [0.2, 0.25) is 0 Å². The molecule has 0 atom stereocenters. The van der Waals surface area contributed by atoms with E-state index >= 15 is 0 Å². The molecule has 82 valence electrons. The zero-order valence-electron chi connectivity index (χ0n) is 9.64. The van der Waals surface area contributed by atoms with Gasteiger partial charge in [-0.1, -0.05) is 38.7 Å². The van der Waals surface area contributed by atoms with Crippen LogP contribution >= 0.6 is 0 Å². The molecule has 1 aromatic rings. The summed E-state index contributed by atoms with van der Waals surface area (Å²) in [7, 11) is 0. The Hall–Kier alpha value is -1.77. The van der Waals surface area contributed by atoms with Gasteiger partial charge in [0.15, 0.2) is 0 Å². The minimum Gasteiger partial charge on any atom is -0.396 e. The number of hydrogen-bond acceptors (Lipinski definition) is 2. The number of hydrogen-bond donors (Lipinski definition) is 1. The van der Waals surface area contributed by atoms with Gasteiger partial charge in [-0.05, 0) is 13.0 Å². The second-order valence-corrected chi connectivity index (χ2v) is 2.53. The Morgan fingerprint density at radius 1 is 1.53 bits per heavy atom. The van der Waals surface area contributed by atoms with Crippen molar-refractivity contribution >= 4 is 11.4 Å². The van der Waals surface area contributed by atoms with Crippen molar-refractivity contribution in [2.45, 2.75) is 20.8 Å². The summed E-state index contributed by atoms with van der Waals surface area (Å²) in [6.07, 6.45) is 10.8. The molecule has 0 unspecified atom stereocenters. The number of nitrogens with zero attached hydrogens (tertiary/aromatic N) is 2. The first-order chi connectivity index (χ1) is 7.27. The van der Waals surface area contributed by atoms with E-state index in [1.165, 1.54) is 0 Å². The molecule has 0 aromatic carbocycles. The van der Waals surface area contributed by atoms with Gasteiger partial charge in [0.05, 0.1) is 23.8 Å². The Morgan fingerprint density at radius 2 is 2.20 bits per heavy atom. The van der Waals surface area contributed by atoms with Crippen molar-refractivity contribution in [3.05, 3.63) is 43.3 Å². The van der Waals surface area contributed by atoms with Crippen LogP contribution in [0.25, 0.3) is 5.70 Å². The first-order valence-electron chi connectivity index (χ1n) is 5.04. The average molecular weight is 205 g/mol. The molecular weight excluding hydrogens is 186 g/mol. The highest BCUT2D eigenvalue weighted by atomic mass is 15.3. The third-order valence-electron chi connectivity index (χ3n) is 1.57. The summed E-state index contributed by atoms with van der Waals surface area (Å²) in [5, 5.41) is 4.08. The summed E-state index contributed by atoms with van der Waals surface area (Å²) >= 11 is 0. The number of aromatic nitrogens is 2. The highest BCUT2D eigenvalue weighted by molar-refractivity contribution is 5.57. The van der Waals surface area contributed by atoms with Gasteiger partial charge >= 0.3 is 0 Å². The summed E-state index contributed by atoms with van der Waals surface area (Å²) in [4.78, 5) is 0. The molecule has 0 spiro atoms. The molecule has 0 aliphatic heterocycles. The van der Waals surface area contributed by atoms with Crippen molar-refractivity contribution in [2.75, 3.05) is 5.73 Å². The Labute approximate surface area is 91.6 Å². The van der Waals surface area contributed by atoms with Gasteiger partial charge in [-0.15, -0.1) is 0 Å². The van der Waals surface area contributed by atoms with Crippen molar-refractivity contribution in [1.29, 1.82) is 0 Å². The predicted octanol–water partition coefficient (Wildman–Crippen LogP) is 3.09. The molecule has 0 saturated carbocycles. The van der Waals surface area contributed by atoms with Crippen LogP contribution in [0.5, 0.6) is 0 Å². The molecule has 0 bridgehead atoms. The zero-order valence-corrected chi connectivity index (χ0v) is 9.64. The molecule has 3 nitrogen and oxygen atoms in total. The van der Waals surface area contributed by atoms with Gasteiger partial charge in [0.25, 0.3) is 0 Å². The fourth-order valence-electron chi connectivity index (χ4n) is 0.949. The van der Waals surface area contributed by atoms with E-state index in [1.54, 1.807) is 23.2 Å². The lowest BCUT2D eigenvalue weighted by Gasteiger charge is -1.99. The third kappa shape index (κ3) is 4.31. The summed E-state index contributed by atoms with van der Waals surface area (Å²) in [6.45, 7) is 9.54. The van der Waals surface area contributed by atoms with E-state index in [2.05, 4.69) is 11.7 Å². The largest absolute Gasteiger partial charge is 0.396 e. The molecule has 0 amide bonds. The van der Waals surface area contributed by atoms with Gasteiger partial charge in [-0.25, -0.2) is 4.68 Å². The normalized spacial score (nSPS) is 11.0. The summed E-state index contributed by atoms with van der Waals surface area (Å²) in [5.74, 6) is 0. The minimum absolute atomic E-state index is 0.659. The lowest BCUT2D eigenvalue weighted by molar-refractivity contribution is 0.909. The van der Waals surface area contributed by atoms with Gasteiger partial charge in [-0.2, -0.15) is 5.10 Å². The van der Waals surface area contributed by atoms with Crippen LogP contribution in [-0.4, -0.2) is 9.78 Å². The van der Waals surface area contributed by atoms with Crippen molar-refractivity contribution in [3.8, 4) is 0 Å². The average Bonchev–Trinajstić information content (AvgIpc) is 2.69. The van der Waals surface area contributed by atoms with Crippen LogP contribution in [0.15, 0.2) is 43.3 Å². The minimum atomic E-state index is 0.659. The van der Waals surface area contributed by atoms with E-state index in [1.807, 2.05) is 39.0 Å². The quantitative estimate of drug-likeness (QED) is 0.770. The van der Waals surface area contributed by atoms with Crippen molar-refractivity contribution in [2.24, 2.45) is 0 Å². The van der Waals surface area contributed by atoms with Gasteiger partial charge < -0.3 is 5.73 Å². The van der Waals surface area contributed by atoms with E-state index in [9.17, 15) is 0 Å². The third-order valence-corrected chi connectivity index (χ3v) is 1.57. The number of anilines is 1. The highest BCUT2D eigenvalue weighted by Crippen LogP contribution is 2.08. The Kier molecular flexibility index (Phi) is 6.72. The zero-order chi connectivity index (χ0) is 11.7. The second kappa shape index (κ2) is 7.62. The summed E-state index contributed by atoms with van der Waals surface area (Å²) in [5.41, 5.74) is 7.17.